The first kappa shape index (κ1) is 29.7. The molecule has 7 aliphatic rings. The summed E-state index contributed by atoms with van der Waals surface area (Å²) >= 11 is 0. The van der Waals surface area contributed by atoms with Crippen LogP contribution in [0.15, 0.2) is 127 Å². The third kappa shape index (κ3) is 4.64. The molecule has 0 amide bonds. The number of halogens is 1. The van der Waals surface area contributed by atoms with E-state index in [0.29, 0.717) is 22.9 Å². The van der Waals surface area contributed by atoms with E-state index in [-0.39, 0.29) is 5.82 Å². The maximum atomic E-state index is 14.6. The predicted molar refractivity (Wildman–Crippen MR) is 201 cm³/mol. The summed E-state index contributed by atoms with van der Waals surface area (Å²) in [5.41, 5.74) is 8.72. The van der Waals surface area contributed by atoms with Gasteiger partial charge in [-0.2, -0.15) is 0 Å². The Labute approximate surface area is 299 Å². The number of hydrogen-bond donors (Lipinski definition) is 0. The zero-order chi connectivity index (χ0) is 33.7. The van der Waals surface area contributed by atoms with Gasteiger partial charge in [-0.1, -0.05) is 97.1 Å². The van der Waals surface area contributed by atoms with Crippen LogP contribution in [0.4, 0.5) is 4.39 Å². The second-order valence-corrected chi connectivity index (χ2v) is 16.3. The summed E-state index contributed by atoms with van der Waals surface area (Å²) in [5.74, 6) is 8.19. The Kier molecular flexibility index (Phi) is 6.57. The Bertz CT molecular complexity index is 2200. The van der Waals surface area contributed by atoms with E-state index in [0.717, 1.165) is 80.4 Å². The Hall–Kier alpha value is -4.96. The maximum Gasteiger partial charge on any atom is 0.164 e. The molecule has 1 aromatic heterocycles. The van der Waals surface area contributed by atoms with Gasteiger partial charge in [0.1, 0.15) is 5.82 Å². The monoisotopic (exact) mass is 665 g/mol. The standard InChI is InChI=1S/C47H40FN3/c48-38-13-7-12-33(26-38)35-23-34(24-36(25-35)46-50-44(31-8-3-1-4-9-31)49-45(51-46)32-10-5-2-6-11-32)30-14-16-37(17-15-30)47-27-29-19-40-39-18-28(21-42(40)47)22-43(47)41(39)20-29/h1-17,23-26,28-29,39-43H,18-22,27H2. The molecule has 7 saturated carbocycles. The Morgan fingerprint density at radius 2 is 0.961 bits per heavy atom. The molecule has 0 N–H and O–H groups in total. The highest BCUT2D eigenvalue weighted by molar-refractivity contribution is 5.80. The van der Waals surface area contributed by atoms with Crippen LogP contribution in [0.3, 0.4) is 0 Å². The first-order valence-corrected chi connectivity index (χ1v) is 19.0. The van der Waals surface area contributed by atoms with E-state index >= 15 is 0 Å². The quantitative estimate of drug-likeness (QED) is 0.178. The largest absolute Gasteiger partial charge is 0.208 e. The molecule has 13 rings (SSSR count). The van der Waals surface area contributed by atoms with Crippen LogP contribution in [0.5, 0.6) is 0 Å². The smallest absolute Gasteiger partial charge is 0.164 e. The van der Waals surface area contributed by atoms with Gasteiger partial charge < -0.3 is 0 Å². The van der Waals surface area contributed by atoms with Crippen molar-refractivity contribution < 1.29 is 4.39 Å². The zero-order valence-electron chi connectivity index (χ0n) is 28.6. The SMILES string of the molecule is Fc1cccc(-c2cc(-c3ccc(C45CC6CC7C8CC(CC74)CC5C8C6)cc3)cc(-c3nc(-c4ccccc4)nc(-c4ccccc4)n3)c2)c1. The number of rotatable bonds is 6. The lowest BCUT2D eigenvalue weighted by atomic mass is 9.30. The van der Waals surface area contributed by atoms with Crippen molar-refractivity contribution in [3.8, 4) is 56.4 Å². The summed E-state index contributed by atoms with van der Waals surface area (Å²) in [6, 6.07) is 43.2. The highest BCUT2D eigenvalue weighted by Gasteiger charge is 2.70. The van der Waals surface area contributed by atoms with E-state index in [1.807, 2.05) is 66.7 Å². The topological polar surface area (TPSA) is 38.7 Å². The van der Waals surface area contributed by atoms with E-state index in [4.69, 9.17) is 15.0 Å². The third-order valence-corrected chi connectivity index (χ3v) is 13.9. The summed E-state index contributed by atoms with van der Waals surface area (Å²) in [5, 5.41) is 0. The van der Waals surface area contributed by atoms with Crippen LogP contribution < -0.4 is 0 Å². The van der Waals surface area contributed by atoms with Gasteiger partial charge in [0.25, 0.3) is 0 Å². The van der Waals surface area contributed by atoms with E-state index < -0.39 is 0 Å². The first-order valence-electron chi connectivity index (χ1n) is 19.0. The summed E-state index contributed by atoms with van der Waals surface area (Å²) in [4.78, 5) is 15.0. The molecular weight excluding hydrogens is 626 g/mol. The maximum absolute atomic E-state index is 14.6. The fourth-order valence-corrected chi connectivity index (χ4v) is 12.2. The van der Waals surface area contributed by atoms with Crippen molar-refractivity contribution in [3.63, 3.8) is 0 Å². The van der Waals surface area contributed by atoms with Crippen molar-refractivity contribution in [1.82, 2.24) is 15.0 Å². The van der Waals surface area contributed by atoms with Crippen molar-refractivity contribution >= 4 is 0 Å². The molecule has 0 spiro atoms. The molecule has 1 heterocycles. The first-order chi connectivity index (χ1) is 25.1. The van der Waals surface area contributed by atoms with E-state index in [2.05, 4.69) is 42.5 Å². The average molecular weight is 666 g/mol. The minimum atomic E-state index is -0.250. The predicted octanol–water partition coefficient (Wildman–Crippen LogP) is 11.3. The Balaban J connectivity index is 1.04. The van der Waals surface area contributed by atoms with E-state index in [1.165, 1.54) is 44.6 Å². The van der Waals surface area contributed by atoms with Crippen LogP contribution in [0.2, 0.25) is 0 Å². The molecule has 7 aliphatic carbocycles. The molecule has 8 bridgehead atoms. The van der Waals surface area contributed by atoms with Gasteiger partial charge in [0.05, 0.1) is 0 Å². The Morgan fingerprint density at radius 1 is 0.431 bits per heavy atom. The molecule has 51 heavy (non-hydrogen) atoms. The van der Waals surface area contributed by atoms with Gasteiger partial charge in [-0.3, -0.25) is 0 Å². The van der Waals surface area contributed by atoms with Gasteiger partial charge in [-0.15, -0.1) is 0 Å². The molecule has 3 nitrogen and oxygen atoms in total. The van der Waals surface area contributed by atoms with Crippen LogP contribution >= 0.6 is 0 Å². The van der Waals surface area contributed by atoms with Crippen molar-refractivity contribution in [2.24, 2.45) is 41.4 Å². The van der Waals surface area contributed by atoms with Crippen molar-refractivity contribution in [1.29, 1.82) is 0 Å². The highest BCUT2D eigenvalue weighted by Crippen LogP contribution is 2.76. The van der Waals surface area contributed by atoms with Crippen LogP contribution in [0, 0.1) is 47.2 Å². The second-order valence-electron chi connectivity index (χ2n) is 16.3. The van der Waals surface area contributed by atoms with Gasteiger partial charge in [0, 0.05) is 22.1 Å². The van der Waals surface area contributed by atoms with Crippen LogP contribution in [0.25, 0.3) is 56.4 Å². The Morgan fingerprint density at radius 3 is 1.57 bits per heavy atom. The molecule has 5 aromatic carbocycles. The molecule has 4 unspecified atom stereocenters. The highest BCUT2D eigenvalue weighted by atomic mass is 19.1. The number of nitrogens with zero attached hydrogens (tertiary/aromatic N) is 3. The summed E-state index contributed by atoms with van der Waals surface area (Å²) in [6.45, 7) is 0. The van der Waals surface area contributed by atoms with Crippen LogP contribution in [-0.2, 0) is 5.41 Å². The summed E-state index contributed by atoms with van der Waals surface area (Å²) in [7, 11) is 0. The van der Waals surface area contributed by atoms with Gasteiger partial charge in [-0.05, 0) is 138 Å². The normalized spacial score (nSPS) is 29.5. The molecular formula is C47H40FN3. The van der Waals surface area contributed by atoms with Crippen molar-refractivity contribution in [3.05, 3.63) is 139 Å². The molecule has 4 heteroatoms. The lowest BCUT2D eigenvalue weighted by Crippen LogP contribution is -2.69. The molecule has 6 aromatic rings. The summed E-state index contributed by atoms with van der Waals surface area (Å²) < 4.78 is 14.6. The second kappa shape index (κ2) is 11.3. The summed E-state index contributed by atoms with van der Waals surface area (Å²) in [6.07, 6.45) is 8.83. The minimum Gasteiger partial charge on any atom is -0.208 e. The van der Waals surface area contributed by atoms with Gasteiger partial charge >= 0.3 is 0 Å². The average Bonchev–Trinajstić information content (AvgIpc) is 3.20. The fraction of sp³-hybridized carbons (Fsp3) is 0.298. The van der Waals surface area contributed by atoms with Gasteiger partial charge in [-0.25, -0.2) is 19.3 Å². The van der Waals surface area contributed by atoms with Crippen molar-refractivity contribution in [2.45, 2.75) is 43.9 Å². The van der Waals surface area contributed by atoms with Gasteiger partial charge in [0.15, 0.2) is 17.5 Å². The van der Waals surface area contributed by atoms with Crippen molar-refractivity contribution in [2.75, 3.05) is 0 Å². The fourth-order valence-electron chi connectivity index (χ4n) is 12.2. The molecule has 0 saturated heterocycles. The number of hydrogen-bond acceptors (Lipinski definition) is 3. The van der Waals surface area contributed by atoms with E-state index in [9.17, 15) is 4.39 Å². The van der Waals surface area contributed by atoms with Crippen LogP contribution in [-0.4, -0.2) is 15.0 Å². The lowest BCUT2D eigenvalue weighted by Gasteiger charge is -2.74. The van der Waals surface area contributed by atoms with E-state index in [1.54, 1.807) is 17.7 Å². The molecule has 250 valence electrons. The van der Waals surface area contributed by atoms with Crippen LogP contribution in [0.1, 0.15) is 44.1 Å². The minimum absolute atomic E-state index is 0.250. The zero-order valence-corrected chi connectivity index (χ0v) is 28.6. The lowest BCUT2D eigenvalue weighted by molar-refractivity contribution is -0.220. The number of benzene rings is 5. The number of aromatic nitrogens is 3. The van der Waals surface area contributed by atoms with Gasteiger partial charge in [0.2, 0.25) is 0 Å². The molecule has 0 aliphatic heterocycles. The molecule has 4 atom stereocenters. The molecule has 7 fully saturated rings. The third-order valence-electron chi connectivity index (χ3n) is 13.9. The molecule has 0 radical (unpaired) electrons.